The number of fused-ring (bicyclic) bond motifs is 1. The van der Waals surface area contributed by atoms with Gasteiger partial charge in [-0.15, -0.1) is 11.3 Å². The lowest BCUT2D eigenvalue weighted by atomic mass is 9.88. The van der Waals surface area contributed by atoms with Crippen LogP contribution in [-0.4, -0.2) is 17.1 Å². The number of aryl methyl sites for hydroxylation is 1. The predicted octanol–water partition coefficient (Wildman–Crippen LogP) is 3.06. The Bertz CT molecular complexity index is 612. The Labute approximate surface area is 128 Å². The minimum absolute atomic E-state index is 0.0547. The topological polar surface area (TPSA) is 54.0 Å². The lowest BCUT2D eigenvalue weighted by Gasteiger charge is -2.26. The van der Waals surface area contributed by atoms with Crippen LogP contribution in [0.5, 0.6) is 0 Å². The number of nitrogens with zero attached hydrogens (tertiary/aromatic N) is 1. The van der Waals surface area contributed by atoms with E-state index in [9.17, 15) is 4.79 Å². The van der Waals surface area contributed by atoms with Crippen LogP contribution in [0.3, 0.4) is 0 Å². The van der Waals surface area contributed by atoms with Crippen LogP contribution < -0.4 is 10.6 Å². The van der Waals surface area contributed by atoms with Gasteiger partial charge in [0.1, 0.15) is 5.01 Å². The molecular formula is C16H19N3OS. The lowest BCUT2D eigenvalue weighted by Crippen LogP contribution is -2.45. The normalized spacial score (nSPS) is 18.6. The summed E-state index contributed by atoms with van der Waals surface area (Å²) in [5.41, 5.74) is 2.76. The maximum Gasteiger partial charge on any atom is 0.315 e. The molecule has 0 unspecified atom stereocenters. The SMILES string of the molecule is C[C@H](NC(=O)N[C@@H]1CCc2ccccc2C1)c1nccs1. The highest BCUT2D eigenvalue weighted by atomic mass is 32.1. The summed E-state index contributed by atoms with van der Waals surface area (Å²) in [6.45, 7) is 1.95. The van der Waals surface area contributed by atoms with Gasteiger partial charge in [0.25, 0.3) is 0 Å². The van der Waals surface area contributed by atoms with E-state index >= 15 is 0 Å². The second kappa shape index (κ2) is 6.26. The van der Waals surface area contributed by atoms with E-state index in [1.807, 2.05) is 12.3 Å². The number of urea groups is 1. The van der Waals surface area contributed by atoms with Crippen molar-refractivity contribution in [2.24, 2.45) is 0 Å². The molecule has 2 aromatic rings. The van der Waals surface area contributed by atoms with E-state index in [2.05, 4.69) is 39.9 Å². The van der Waals surface area contributed by atoms with E-state index in [1.165, 1.54) is 11.1 Å². The summed E-state index contributed by atoms with van der Waals surface area (Å²) in [6.07, 6.45) is 4.70. The summed E-state index contributed by atoms with van der Waals surface area (Å²) in [5.74, 6) is 0. The highest BCUT2D eigenvalue weighted by Gasteiger charge is 2.20. The molecule has 5 heteroatoms. The first-order valence-electron chi connectivity index (χ1n) is 7.25. The third-order valence-electron chi connectivity index (χ3n) is 3.85. The zero-order valence-corrected chi connectivity index (χ0v) is 12.8. The second-order valence-electron chi connectivity index (χ2n) is 5.42. The van der Waals surface area contributed by atoms with Gasteiger partial charge in [0.05, 0.1) is 6.04 Å². The molecule has 2 amide bonds. The lowest BCUT2D eigenvalue weighted by molar-refractivity contribution is 0.232. The van der Waals surface area contributed by atoms with Crippen LogP contribution in [0.1, 0.15) is 35.5 Å². The van der Waals surface area contributed by atoms with Crippen molar-refractivity contribution < 1.29 is 4.79 Å². The molecule has 0 radical (unpaired) electrons. The Hall–Kier alpha value is -1.88. The fourth-order valence-electron chi connectivity index (χ4n) is 2.75. The third kappa shape index (κ3) is 3.42. The van der Waals surface area contributed by atoms with Gasteiger partial charge in [-0.25, -0.2) is 9.78 Å². The molecule has 3 rings (SSSR count). The van der Waals surface area contributed by atoms with E-state index in [0.717, 1.165) is 24.3 Å². The van der Waals surface area contributed by atoms with E-state index in [1.54, 1.807) is 17.5 Å². The van der Waals surface area contributed by atoms with Gasteiger partial charge in [0, 0.05) is 17.6 Å². The number of nitrogens with one attached hydrogen (secondary N) is 2. The van der Waals surface area contributed by atoms with Crippen LogP contribution in [0, 0.1) is 0 Å². The first-order chi connectivity index (χ1) is 10.2. The molecule has 0 saturated carbocycles. The molecule has 21 heavy (non-hydrogen) atoms. The molecule has 1 aliphatic rings. The highest BCUT2D eigenvalue weighted by molar-refractivity contribution is 7.09. The molecule has 2 N–H and O–H groups in total. The number of aromatic nitrogens is 1. The largest absolute Gasteiger partial charge is 0.335 e. The fraction of sp³-hybridized carbons (Fsp3) is 0.375. The smallest absolute Gasteiger partial charge is 0.315 e. The van der Waals surface area contributed by atoms with Gasteiger partial charge in [0.15, 0.2) is 0 Å². The molecule has 1 aromatic heterocycles. The molecule has 0 spiro atoms. The van der Waals surface area contributed by atoms with Crippen molar-refractivity contribution in [2.75, 3.05) is 0 Å². The van der Waals surface area contributed by atoms with Crippen LogP contribution in [0.4, 0.5) is 4.79 Å². The van der Waals surface area contributed by atoms with Gasteiger partial charge in [-0.3, -0.25) is 0 Å². The zero-order valence-electron chi connectivity index (χ0n) is 12.0. The summed E-state index contributed by atoms with van der Waals surface area (Å²) in [7, 11) is 0. The number of carbonyl (C=O) groups excluding carboxylic acids is 1. The van der Waals surface area contributed by atoms with Crippen molar-refractivity contribution >= 4 is 17.4 Å². The fourth-order valence-corrected chi connectivity index (χ4v) is 3.40. The number of amides is 2. The second-order valence-corrected chi connectivity index (χ2v) is 6.34. The third-order valence-corrected chi connectivity index (χ3v) is 4.81. The van der Waals surface area contributed by atoms with Crippen LogP contribution in [0.25, 0.3) is 0 Å². The van der Waals surface area contributed by atoms with E-state index in [-0.39, 0.29) is 18.1 Å². The molecule has 1 aliphatic carbocycles. The molecule has 2 atom stereocenters. The Kier molecular flexibility index (Phi) is 4.20. The van der Waals surface area contributed by atoms with Gasteiger partial charge >= 0.3 is 6.03 Å². The van der Waals surface area contributed by atoms with Gasteiger partial charge in [0.2, 0.25) is 0 Å². The van der Waals surface area contributed by atoms with Crippen molar-refractivity contribution in [3.8, 4) is 0 Å². The minimum atomic E-state index is -0.109. The van der Waals surface area contributed by atoms with Crippen molar-refractivity contribution in [2.45, 2.75) is 38.3 Å². The Morgan fingerprint density at radius 1 is 1.38 bits per heavy atom. The van der Waals surface area contributed by atoms with Crippen molar-refractivity contribution in [3.63, 3.8) is 0 Å². The summed E-state index contributed by atoms with van der Waals surface area (Å²) < 4.78 is 0. The number of rotatable bonds is 3. The Morgan fingerprint density at radius 3 is 2.95 bits per heavy atom. The molecule has 0 aliphatic heterocycles. The van der Waals surface area contributed by atoms with E-state index < -0.39 is 0 Å². The summed E-state index contributed by atoms with van der Waals surface area (Å²) in [4.78, 5) is 16.3. The number of thiazole rings is 1. The summed E-state index contributed by atoms with van der Waals surface area (Å²) in [6, 6.07) is 8.52. The average molecular weight is 301 g/mol. The maximum absolute atomic E-state index is 12.1. The van der Waals surface area contributed by atoms with Crippen LogP contribution in [0.2, 0.25) is 0 Å². The molecule has 0 bridgehead atoms. The van der Waals surface area contributed by atoms with Crippen molar-refractivity contribution in [3.05, 3.63) is 52.0 Å². The van der Waals surface area contributed by atoms with Gasteiger partial charge < -0.3 is 10.6 Å². The number of carbonyl (C=O) groups is 1. The average Bonchev–Trinajstić information content (AvgIpc) is 3.01. The van der Waals surface area contributed by atoms with Gasteiger partial charge in [-0.1, -0.05) is 24.3 Å². The molecule has 1 aromatic carbocycles. The van der Waals surface area contributed by atoms with Crippen molar-refractivity contribution in [1.82, 2.24) is 15.6 Å². The molecule has 0 saturated heterocycles. The summed E-state index contributed by atoms with van der Waals surface area (Å²) in [5, 5.41) is 8.88. The Morgan fingerprint density at radius 2 is 2.19 bits per heavy atom. The number of hydrogen-bond acceptors (Lipinski definition) is 3. The number of benzene rings is 1. The predicted molar refractivity (Wildman–Crippen MR) is 84.5 cm³/mol. The zero-order chi connectivity index (χ0) is 14.7. The molecule has 110 valence electrons. The van der Waals surface area contributed by atoms with Gasteiger partial charge in [-0.05, 0) is 37.3 Å². The summed E-state index contributed by atoms with van der Waals surface area (Å²) >= 11 is 1.56. The highest BCUT2D eigenvalue weighted by Crippen LogP contribution is 2.21. The van der Waals surface area contributed by atoms with E-state index in [0.29, 0.717) is 0 Å². The van der Waals surface area contributed by atoms with Crippen LogP contribution >= 0.6 is 11.3 Å². The molecule has 0 fully saturated rings. The Balaban J connectivity index is 1.54. The minimum Gasteiger partial charge on any atom is -0.335 e. The van der Waals surface area contributed by atoms with Crippen LogP contribution in [-0.2, 0) is 12.8 Å². The first kappa shape index (κ1) is 14.1. The van der Waals surface area contributed by atoms with Crippen molar-refractivity contribution in [1.29, 1.82) is 0 Å². The maximum atomic E-state index is 12.1. The molecule has 4 nitrogen and oxygen atoms in total. The monoisotopic (exact) mass is 301 g/mol. The number of hydrogen-bond donors (Lipinski definition) is 2. The first-order valence-corrected chi connectivity index (χ1v) is 8.13. The molecular weight excluding hydrogens is 282 g/mol. The van der Waals surface area contributed by atoms with Crippen LogP contribution in [0.15, 0.2) is 35.8 Å². The quantitative estimate of drug-likeness (QED) is 0.915. The standard InChI is InChI=1S/C16H19N3OS/c1-11(15-17-8-9-21-15)18-16(20)19-14-7-6-12-4-2-3-5-13(12)10-14/h2-5,8-9,11,14H,6-7,10H2,1H3,(H2,18,19,20)/t11-,14+/m0/s1. The van der Waals surface area contributed by atoms with E-state index in [4.69, 9.17) is 0 Å². The van der Waals surface area contributed by atoms with Gasteiger partial charge in [-0.2, -0.15) is 0 Å². The molecule has 1 heterocycles.